The average molecular weight is 471 g/mol. The zero-order chi connectivity index (χ0) is 23.7. The van der Waals surface area contributed by atoms with E-state index >= 15 is 0 Å². The fourth-order valence-electron chi connectivity index (χ4n) is 3.59. The molecule has 0 amide bonds. The maximum atomic E-state index is 14.3. The van der Waals surface area contributed by atoms with Gasteiger partial charge in [0.05, 0.1) is 6.20 Å². The van der Waals surface area contributed by atoms with Gasteiger partial charge in [-0.25, -0.2) is 8.78 Å². The van der Waals surface area contributed by atoms with Gasteiger partial charge in [0.1, 0.15) is 17.1 Å². The minimum atomic E-state index is -0.803. The summed E-state index contributed by atoms with van der Waals surface area (Å²) in [6.45, 7) is 5.94. The highest BCUT2D eigenvalue weighted by Crippen LogP contribution is 2.39. The van der Waals surface area contributed by atoms with E-state index in [4.69, 9.17) is 4.74 Å². The zero-order valence-electron chi connectivity index (χ0n) is 18.7. The number of benzene rings is 2. The molecule has 0 saturated carbocycles. The molecule has 4 aromatic rings. The number of hydrogen-bond donors (Lipinski definition) is 1. The molecule has 0 aliphatic rings. The molecule has 0 saturated heterocycles. The number of pyridine rings is 1. The van der Waals surface area contributed by atoms with Crippen molar-refractivity contribution in [3.8, 4) is 22.6 Å². The lowest BCUT2D eigenvalue weighted by molar-refractivity contribution is 0.439. The minimum Gasteiger partial charge on any atom is -0.454 e. The highest BCUT2D eigenvalue weighted by Gasteiger charge is 2.20. The third-order valence-corrected chi connectivity index (χ3v) is 5.81. The largest absolute Gasteiger partial charge is 0.454 e. The first kappa shape index (κ1) is 22.8. The summed E-state index contributed by atoms with van der Waals surface area (Å²) >= 11 is 1.53. The Kier molecular flexibility index (Phi) is 6.42. The molecule has 9 heteroatoms. The summed E-state index contributed by atoms with van der Waals surface area (Å²) in [6.07, 6.45) is 3.38. The van der Waals surface area contributed by atoms with Crippen LogP contribution in [0.15, 0.2) is 53.6 Å². The molecule has 0 aliphatic carbocycles. The fraction of sp³-hybridized carbons (Fsp3) is 0.250. The van der Waals surface area contributed by atoms with Crippen LogP contribution in [0.25, 0.3) is 22.0 Å². The molecule has 33 heavy (non-hydrogen) atoms. The van der Waals surface area contributed by atoms with Gasteiger partial charge in [-0.15, -0.1) is 0 Å². The number of anilines is 1. The molecule has 0 bridgehead atoms. The van der Waals surface area contributed by atoms with Crippen LogP contribution in [-0.2, 0) is 7.05 Å². The summed E-state index contributed by atoms with van der Waals surface area (Å²) < 4.78 is 40.1. The number of fused-ring (bicyclic) bond motifs is 1. The Bertz CT molecular complexity index is 1380. The van der Waals surface area contributed by atoms with Crippen LogP contribution in [0.5, 0.6) is 11.5 Å². The molecule has 2 aromatic heterocycles. The summed E-state index contributed by atoms with van der Waals surface area (Å²) in [4.78, 5) is 12.9. The number of rotatable bonds is 7. The van der Waals surface area contributed by atoms with Crippen LogP contribution in [0.1, 0.15) is 26.8 Å². The first-order valence-corrected chi connectivity index (χ1v) is 11.5. The highest BCUT2D eigenvalue weighted by molar-refractivity contribution is 8.00. The van der Waals surface area contributed by atoms with Gasteiger partial charge < -0.3 is 14.0 Å². The molecule has 0 atom stereocenters. The summed E-state index contributed by atoms with van der Waals surface area (Å²) in [7, 11) is 1.68. The van der Waals surface area contributed by atoms with Crippen molar-refractivity contribution >= 4 is 28.5 Å². The molecule has 2 aromatic carbocycles. The second-order valence-electron chi connectivity index (χ2n) is 7.83. The van der Waals surface area contributed by atoms with Crippen LogP contribution in [0, 0.1) is 11.6 Å². The van der Waals surface area contributed by atoms with E-state index in [1.165, 1.54) is 22.6 Å². The lowest BCUT2D eigenvalue weighted by Gasteiger charge is -2.16. The maximum absolute atomic E-state index is 14.3. The number of halogens is 2. The fourth-order valence-corrected chi connectivity index (χ4v) is 4.03. The van der Waals surface area contributed by atoms with Crippen molar-refractivity contribution in [2.75, 3.05) is 10.5 Å². The van der Waals surface area contributed by atoms with Crippen molar-refractivity contribution in [2.24, 2.45) is 7.05 Å². The van der Waals surface area contributed by atoms with Gasteiger partial charge in [-0.05, 0) is 44.2 Å². The SMILES string of the molecule is CCSNc1ccc(Oc2ccc(F)cc2F)c(-c2cn(C)c(=O)c3c2cnn3C(C)C)c1. The van der Waals surface area contributed by atoms with Crippen LogP contribution in [0.2, 0.25) is 0 Å². The second kappa shape index (κ2) is 9.27. The third kappa shape index (κ3) is 4.45. The molecule has 0 unspecified atom stereocenters. The van der Waals surface area contributed by atoms with Crippen LogP contribution >= 0.6 is 11.9 Å². The summed E-state index contributed by atoms with van der Waals surface area (Å²) in [6, 6.07) is 8.58. The molecule has 1 N–H and O–H groups in total. The van der Waals surface area contributed by atoms with E-state index < -0.39 is 11.6 Å². The lowest BCUT2D eigenvalue weighted by Crippen LogP contribution is -2.20. The monoisotopic (exact) mass is 470 g/mol. The van der Waals surface area contributed by atoms with Gasteiger partial charge in [0.15, 0.2) is 11.6 Å². The molecule has 0 fully saturated rings. The van der Waals surface area contributed by atoms with Crippen molar-refractivity contribution in [2.45, 2.75) is 26.8 Å². The Morgan fingerprint density at radius 2 is 1.88 bits per heavy atom. The first-order valence-electron chi connectivity index (χ1n) is 10.5. The van der Waals surface area contributed by atoms with Crippen molar-refractivity contribution in [3.63, 3.8) is 0 Å². The number of aryl methyl sites for hydroxylation is 1. The normalized spacial score (nSPS) is 11.4. The Hall–Kier alpha value is -3.33. The predicted molar refractivity (Wildman–Crippen MR) is 129 cm³/mol. The van der Waals surface area contributed by atoms with E-state index in [1.54, 1.807) is 30.2 Å². The van der Waals surface area contributed by atoms with E-state index in [-0.39, 0.29) is 17.4 Å². The number of nitrogens with one attached hydrogen (secondary N) is 1. The summed E-state index contributed by atoms with van der Waals surface area (Å²) in [5.41, 5.74) is 2.49. The number of aromatic nitrogens is 3. The van der Waals surface area contributed by atoms with Crippen molar-refractivity contribution < 1.29 is 13.5 Å². The van der Waals surface area contributed by atoms with Gasteiger partial charge in [-0.1, -0.05) is 18.9 Å². The summed E-state index contributed by atoms with van der Waals surface area (Å²) in [5.74, 6) is -0.357. The average Bonchev–Trinajstić information content (AvgIpc) is 3.23. The quantitative estimate of drug-likeness (QED) is 0.329. The van der Waals surface area contributed by atoms with E-state index in [0.717, 1.165) is 23.6 Å². The van der Waals surface area contributed by atoms with E-state index in [2.05, 4.69) is 9.82 Å². The Balaban J connectivity index is 1.94. The molecule has 0 aliphatic heterocycles. The van der Waals surface area contributed by atoms with E-state index in [1.807, 2.05) is 32.9 Å². The Morgan fingerprint density at radius 1 is 1.12 bits per heavy atom. The Morgan fingerprint density at radius 3 is 2.58 bits per heavy atom. The van der Waals surface area contributed by atoms with E-state index in [0.29, 0.717) is 27.8 Å². The highest BCUT2D eigenvalue weighted by atomic mass is 32.2. The van der Waals surface area contributed by atoms with Crippen LogP contribution < -0.4 is 15.0 Å². The van der Waals surface area contributed by atoms with Crippen LogP contribution in [0.4, 0.5) is 14.5 Å². The van der Waals surface area contributed by atoms with Crippen molar-refractivity contribution in [3.05, 3.63) is 70.8 Å². The van der Waals surface area contributed by atoms with Gasteiger partial charge in [0, 0.05) is 53.3 Å². The van der Waals surface area contributed by atoms with Gasteiger partial charge in [0.2, 0.25) is 0 Å². The van der Waals surface area contributed by atoms with Gasteiger partial charge in [-0.2, -0.15) is 5.10 Å². The molecular formula is C24H24F2N4O2S. The number of ether oxygens (including phenoxy) is 1. The van der Waals surface area contributed by atoms with Gasteiger partial charge in [-0.3, -0.25) is 9.48 Å². The van der Waals surface area contributed by atoms with Crippen LogP contribution in [0.3, 0.4) is 0 Å². The maximum Gasteiger partial charge on any atom is 0.276 e. The number of hydrogen-bond acceptors (Lipinski definition) is 5. The minimum absolute atomic E-state index is 0.0107. The summed E-state index contributed by atoms with van der Waals surface area (Å²) in [5, 5.41) is 5.10. The smallest absolute Gasteiger partial charge is 0.276 e. The zero-order valence-corrected chi connectivity index (χ0v) is 19.5. The van der Waals surface area contributed by atoms with Crippen LogP contribution in [-0.4, -0.2) is 20.1 Å². The second-order valence-corrected chi connectivity index (χ2v) is 8.90. The molecule has 6 nitrogen and oxygen atoms in total. The third-order valence-electron chi connectivity index (χ3n) is 5.14. The first-order chi connectivity index (χ1) is 15.8. The molecular weight excluding hydrogens is 446 g/mol. The Labute approximate surface area is 194 Å². The standard InChI is InChI=1S/C24H24F2N4O2S/c1-5-33-28-16-7-9-21(32-22-8-6-15(25)10-20(22)26)17(11-16)19-13-29(4)24(31)23-18(19)12-27-30(23)14(2)3/h6-14,28H,5H2,1-4H3. The molecule has 0 spiro atoms. The van der Waals surface area contributed by atoms with Gasteiger partial charge >= 0.3 is 0 Å². The number of nitrogens with zero attached hydrogens (tertiary/aromatic N) is 3. The molecule has 172 valence electrons. The van der Waals surface area contributed by atoms with Crippen molar-refractivity contribution in [1.29, 1.82) is 0 Å². The predicted octanol–water partition coefficient (Wildman–Crippen LogP) is 6.13. The molecule has 0 radical (unpaired) electrons. The topological polar surface area (TPSA) is 61.1 Å². The van der Waals surface area contributed by atoms with Gasteiger partial charge in [0.25, 0.3) is 5.56 Å². The van der Waals surface area contributed by atoms with E-state index in [9.17, 15) is 13.6 Å². The molecule has 4 rings (SSSR count). The lowest BCUT2D eigenvalue weighted by atomic mass is 10.0. The molecule has 2 heterocycles. The van der Waals surface area contributed by atoms with Crippen molar-refractivity contribution in [1.82, 2.24) is 14.3 Å².